The van der Waals surface area contributed by atoms with Crippen molar-refractivity contribution in [2.24, 2.45) is 10.9 Å². The second kappa shape index (κ2) is 5.94. The van der Waals surface area contributed by atoms with Gasteiger partial charge in [-0.1, -0.05) is 24.3 Å². The first-order valence-corrected chi connectivity index (χ1v) is 9.86. The molecule has 0 bridgehead atoms. The molecule has 4 N–H and O–H groups in total. The van der Waals surface area contributed by atoms with Gasteiger partial charge in [-0.05, 0) is 31.1 Å². The summed E-state index contributed by atoms with van der Waals surface area (Å²) >= 11 is 0. The van der Waals surface area contributed by atoms with E-state index in [2.05, 4.69) is 0 Å². The molecule has 0 radical (unpaired) electrons. The molecule has 1 atom stereocenters. The molecule has 0 aromatic heterocycles. The predicted octanol–water partition coefficient (Wildman–Crippen LogP) is 1.52. The van der Waals surface area contributed by atoms with Crippen molar-refractivity contribution in [3.63, 3.8) is 0 Å². The van der Waals surface area contributed by atoms with Crippen LogP contribution in [0.25, 0.3) is 0 Å². The van der Waals surface area contributed by atoms with Crippen LogP contribution in [-0.4, -0.2) is 28.6 Å². The van der Waals surface area contributed by atoms with E-state index in [1.54, 1.807) is 0 Å². The van der Waals surface area contributed by atoms with Crippen LogP contribution in [0, 0.1) is 6.92 Å². The molecule has 6 nitrogen and oxygen atoms in total. The SMILES string of the molecule is Cc1cccc(S(=O)(=O)C2=CCC(N)(C(F)(F)F)C=C2)c1S(N)(=O)=O. The molecule has 2 rings (SSSR count). The van der Waals surface area contributed by atoms with Crippen LogP contribution in [0.15, 0.2) is 51.1 Å². The normalized spacial score (nSPS) is 21.9. The molecule has 0 amide bonds. The Morgan fingerprint density at radius 2 is 1.76 bits per heavy atom. The fourth-order valence-corrected chi connectivity index (χ4v) is 5.38. The zero-order valence-corrected chi connectivity index (χ0v) is 14.5. The van der Waals surface area contributed by atoms with Gasteiger partial charge in [0.05, 0.1) is 9.80 Å². The van der Waals surface area contributed by atoms with E-state index in [-0.39, 0.29) is 5.56 Å². The first kappa shape index (κ1) is 19.6. The van der Waals surface area contributed by atoms with Crippen LogP contribution in [-0.2, 0) is 19.9 Å². The van der Waals surface area contributed by atoms with Gasteiger partial charge < -0.3 is 5.73 Å². The van der Waals surface area contributed by atoms with E-state index in [0.717, 1.165) is 18.2 Å². The molecular weight excluding hydrogens is 381 g/mol. The number of allylic oxidation sites excluding steroid dienone is 1. The third-order valence-corrected chi connectivity index (χ3v) is 6.86. The van der Waals surface area contributed by atoms with Crippen molar-refractivity contribution in [2.75, 3.05) is 0 Å². The summed E-state index contributed by atoms with van der Waals surface area (Å²) in [6.45, 7) is 1.36. The standard InChI is InChI=1S/C14H15F3N2O4S2/c1-9-3-2-4-11(12(9)25(19,22)23)24(20,21)10-5-7-13(18,8-6-10)14(15,16)17/h2-7H,8,18H2,1H3,(H2,19,22,23). The van der Waals surface area contributed by atoms with Crippen molar-refractivity contribution in [3.05, 3.63) is 46.9 Å². The van der Waals surface area contributed by atoms with Gasteiger partial charge >= 0.3 is 6.18 Å². The van der Waals surface area contributed by atoms with Crippen LogP contribution < -0.4 is 10.9 Å². The maximum atomic E-state index is 12.9. The van der Waals surface area contributed by atoms with Crippen molar-refractivity contribution in [1.29, 1.82) is 0 Å². The molecule has 1 aliphatic rings. The first-order chi connectivity index (χ1) is 11.2. The largest absolute Gasteiger partial charge is 0.410 e. The Balaban J connectivity index is 2.58. The van der Waals surface area contributed by atoms with Crippen LogP contribution in [0.3, 0.4) is 0 Å². The quantitative estimate of drug-likeness (QED) is 0.803. The molecule has 11 heteroatoms. The van der Waals surface area contributed by atoms with E-state index in [4.69, 9.17) is 10.9 Å². The minimum absolute atomic E-state index is 0.104. The van der Waals surface area contributed by atoms with Gasteiger partial charge in [-0.25, -0.2) is 22.0 Å². The minimum Gasteiger partial charge on any atom is -0.314 e. The lowest BCUT2D eigenvalue weighted by atomic mass is 9.92. The van der Waals surface area contributed by atoms with Crippen molar-refractivity contribution in [3.8, 4) is 0 Å². The second-order valence-electron chi connectivity index (χ2n) is 5.63. The van der Waals surface area contributed by atoms with Gasteiger partial charge in [0.15, 0.2) is 0 Å². The maximum absolute atomic E-state index is 12.9. The number of rotatable bonds is 3. The highest BCUT2D eigenvalue weighted by molar-refractivity contribution is 7.96. The Morgan fingerprint density at radius 3 is 2.20 bits per heavy atom. The molecule has 25 heavy (non-hydrogen) atoms. The van der Waals surface area contributed by atoms with Gasteiger partial charge in [0.1, 0.15) is 10.4 Å². The van der Waals surface area contributed by atoms with Crippen molar-refractivity contribution < 1.29 is 30.0 Å². The molecule has 0 spiro atoms. The molecule has 1 aromatic carbocycles. The summed E-state index contributed by atoms with van der Waals surface area (Å²) in [6, 6.07) is 3.70. The van der Waals surface area contributed by atoms with E-state index >= 15 is 0 Å². The lowest BCUT2D eigenvalue weighted by Crippen LogP contribution is -2.52. The molecule has 0 fully saturated rings. The molecule has 0 heterocycles. The summed E-state index contributed by atoms with van der Waals surface area (Å²) in [5.74, 6) is 0. The fourth-order valence-electron chi connectivity index (χ4n) is 2.37. The van der Waals surface area contributed by atoms with Crippen molar-refractivity contribution in [2.45, 2.75) is 34.9 Å². The van der Waals surface area contributed by atoms with Crippen LogP contribution in [0.2, 0.25) is 0 Å². The van der Waals surface area contributed by atoms with Gasteiger partial charge in [-0.2, -0.15) is 13.2 Å². The maximum Gasteiger partial charge on any atom is 0.410 e. The highest BCUT2D eigenvalue weighted by Crippen LogP contribution is 2.38. The molecule has 1 aromatic rings. The number of benzene rings is 1. The Morgan fingerprint density at radius 1 is 1.16 bits per heavy atom. The van der Waals surface area contributed by atoms with E-state index in [0.29, 0.717) is 6.08 Å². The van der Waals surface area contributed by atoms with E-state index < -0.39 is 52.7 Å². The molecular formula is C14H15F3N2O4S2. The predicted molar refractivity (Wildman–Crippen MR) is 84.6 cm³/mol. The molecule has 138 valence electrons. The summed E-state index contributed by atoms with van der Waals surface area (Å²) in [5.41, 5.74) is 2.66. The van der Waals surface area contributed by atoms with Gasteiger partial charge in [-0.3, -0.25) is 0 Å². The lowest BCUT2D eigenvalue weighted by Gasteiger charge is -2.30. The number of halogens is 3. The third-order valence-electron chi connectivity index (χ3n) is 3.77. The third kappa shape index (κ3) is 3.50. The smallest absolute Gasteiger partial charge is 0.314 e. The summed E-state index contributed by atoms with van der Waals surface area (Å²) in [5, 5.41) is 5.09. The average molecular weight is 396 g/mol. The van der Waals surface area contributed by atoms with Crippen LogP contribution in [0.5, 0.6) is 0 Å². The summed E-state index contributed by atoms with van der Waals surface area (Å²) < 4.78 is 87.6. The number of hydrogen-bond acceptors (Lipinski definition) is 5. The molecule has 1 unspecified atom stereocenters. The topological polar surface area (TPSA) is 120 Å². The van der Waals surface area contributed by atoms with Gasteiger partial charge in [-0.15, -0.1) is 0 Å². The molecule has 1 aliphatic carbocycles. The average Bonchev–Trinajstić information content (AvgIpc) is 2.45. The van der Waals surface area contributed by atoms with Crippen molar-refractivity contribution >= 4 is 19.9 Å². The Hall–Kier alpha value is -1.69. The van der Waals surface area contributed by atoms with Crippen LogP contribution in [0.4, 0.5) is 13.2 Å². The van der Waals surface area contributed by atoms with Crippen molar-refractivity contribution in [1.82, 2.24) is 0 Å². The summed E-state index contributed by atoms with van der Waals surface area (Å²) in [7, 11) is -8.77. The highest BCUT2D eigenvalue weighted by atomic mass is 32.2. The zero-order chi connectivity index (χ0) is 19.3. The number of sulfonamides is 1. The van der Waals surface area contributed by atoms with E-state index in [1.807, 2.05) is 0 Å². The Kier molecular flexibility index (Phi) is 4.66. The number of alkyl halides is 3. The summed E-state index contributed by atoms with van der Waals surface area (Å²) in [6.07, 6.45) is -3.46. The van der Waals surface area contributed by atoms with Gasteiger partial charge in [0.25, 0.3) is 0 Å². The second-order valence-corrected chi connectivity index (χ2v) is 9.05. The number of primary sulfonamides is 1. The van der Waals surface area contributed by atoms with Crippen LogP contribution in [0.1, 0.15) is 12.0 Å². The van der Waals surface area contributed by atoms with Gasteiger partial charge in [0.2, 0.25) is 19.9 Å². The summed E-state index contributed by atoms with van der Waals surface area (Å²) in [4.78, 5) is -1.67. The fraction of sp³-hybridized carbons (Fsp3) is 0.286. The van der Waals surface area contributed by atoms with E-state index in [1.165, 1.54) is 19.1 Å². The Labute approximate surface area is 143 Å². The Bertz CT molecular complexity index is 980. The number of sulfone groups is 1. The number of aryl methyl sites for hydroxylation is 1. The molecule has 0 aliphatic heterocycles. The number of nitrogens with two attached hydrogens (primary N) is 2. The van der Waals surface area contributed by atoms with E-state index in [9.17, 15) is 30.0 Å². The zero-order valence-electron chi connectivity index (χ0n) is 12.9. The number of hydrogen-bond donors (Lipinski definition) is 2. The highest BCUT2D eigenvalue weighted by Gasteiger charge is 2.50. The lowest BCUT2D eigenvalue weighted by molar-refractivity contribution is -0.170. The first-order valence-electron chi connectivity index (χ1n) is 6.83. The van der Waals surface area contributed by atoms with Crippen LogP contribution >= 0.6 is 0 Å². The monoisotopic (exact) mass is 396 g/mol. The molecule has 0 saturated heterocycles. The van der Waals surface area contributed by atoms with Gasteiger partial charge in [0, 0.05) is 0 Å². The minimum atomic E-state index is -4.76. The molecule has 0 saturated carbocycles.